The Morgan fingerprint density at radius 2 is 2.14 bits per heavy atom. The zero-order valence-electron chi connectivity index (χ0n) is 7.69. The number of aromatic nitrogens is 2. The van der Waals surface area contributed by atoms with E-state index in [-0.39, 0.29) is 5.91 Å². The summed E-state index contributed by atoms with van der Waals surface area (Å²) in [6.45, 7) is 0. The monoisotopic (exact) mass is 187 g/mol. The second-order valence-corrected chi connectivity index (χ2v) is 2.81. The normalized spacial score (nSPS) is 10.1. The molecular weight excluding hydrogens is 178 g/mol. The van der Waals surface area contributed by atoms with Crippen molar-refractivity contribution in [3.05, 3.63) is 36.2 Å². The van der Waals surface area contributed by atoms with E-state index in [4.69, 9.17) is 0 Å². The lowest BCUT2D eigenvalue weighted by Gasteiger charge is -2.02. The molecule has 1 amide bonds. The Labute approximate surface area is 81.0 Å². The average molecular weight is 187 g/mol. The molecule has 1 N–H and O–H groups in total. The summed E-state index contributed by atoms with van der Waals surface area (Å²) in [6.07, 6.45) is 3.26. The van der Waals surface area contributed by atoms with Crippen LogP contribution in [0.1, 0.15) is 10.4 Å². The summed E-state index contributed by atoms with van der Waals surface area (Å²) in [6, 6.07) is 5.28. The lowest BCUT2D eigenvalue weighted by Crippen LogP contribution is -2.18. The highest BCUT2D eigenvalue weighted by Gasteiger charge is 2.08. The third-order valence-corrected chi connectivity index (χ3v) is 1.97. The fraction of sp³-hybridized carbons (Fsp3) is 0.100. The molecule has 0 aromatic carbocycles. The Morgan fingerprint density at radius 1 is 1.29 bits per heavy atom. The third kappa shape index (κ3) is 1.31. The van der Waals surface area contributed by atoms with Crippen LogP contribution in [0.15, 0.2) is 30.6 Å². The van der Waals surface area contributed by atoms with Gasteiger partial charge in [-0.2, -0.15) is 0 Å². The molecule has 0 saturated carbocycles. The van der Waals surface area contributed by atoms with Crippen LogP contribution in [-0.2, 0) is 0 Å². The fourth-order valence-electron chi connectivity index (χ4n) is 1.30. The van der Waals surface area contributed by atoms with E-state index in [1.807, 2.05) is 6.07 Å². The zero-order chi connectivity index (χ0) is 9.97. The summed E-state index contributed by atoms with van der Waals surface area (Å²) < 4.78 is 0. The highest BCUT2D eigenvalue weighted by Crippen LogP contribution is 2.12. The van der Waals surface area contributed by atoms with Crippen LogP contribution in [0.2, 0.25) is 0 Å². The Kier molecular flexibility index (Phi) is 2.10. The third-order valence-electron chi connectivity index (χ3n) is 1.97. The Bertz CT molecular complexity index is 476. The van der Waals surface area contributed by atoms with Crippen molar-refractivity contribution in [1.82, 2.24) is 15.3 Å². The molecule has 2 aromatic heterocycles. The lowest BCUT2D eigenvalue weighted by molar-refractivity contribution is 0.0964. The SMILES string of the molecule is CNC(=O)c1ccnc2cccnc12. The van der Waals surface area contributed by atoms with Gasteiger partial charge in [0.25, 0.3) is 5.91 Å². The van der Waals surface area contributed by atoms with Gasteiger partial charge in [-0.25, -0.2) is 0 Å². The number of nitrogens with one attached hydrogen (secondary N) is 1. The number of nitrogens with zero attached hydrogens (tertiary/aromatic N) is 2. The summed E-state index contributed by atoms with van der Waals surface area (Å²) in [5, 5.41) is 2.57. The number of carbonyl (C=O) groups is 1. The van der Waals surface area contributed by atoms with Crippen LogP contribution in [0.25, 0.3) is 11.0 Å². The predicted molar refractivity (Wildman–Crippen MR) is 52.9 cm³/mol. The minimum Gasteiger partial charge on any atom is -0.355 e. The maximum Gasteiger partial charge on any atom is 0.253 e. The molecule has 0 atom stereocenters. The smallest absolute Gasteiger partial charge is 0.253 e. The van der Waals surface area contributed by atoms with Crippen molar-refractivity contribution >= 4 is 16.9 Å². The molecule has 0 aliphatic heterocycles. The van der Waals surface area contributed by atoms with Crippen molar-refractivity contribution in [2.24, 2.45) is 0 Å². The number of amides is 1. The summed E-state index contributed by atoms with van der Waals surface area (Å²) in [5.41, 5.74) is 1.92. The summed E-state index contributed by atoms with van der Waals surface area (Å²) >= 11 is 0. The minimum atomic E-state index is -0.142. The van der Waals surface area contributed by atoms with Gasteiger partial charge in [0, 0.05) is 19.4 Å². The second-order valence-electron chi connectivity index (χ2n) is 2.81. The molecule has 4 heteroatoms. The fourth-order valence-corrected chi connectivity index (χ4v) is 1.30. The number of fused-ring (bicyclic) bond motifs is 1. The van der Waals surface area contributed by atoms with Crippen molar-refractivity contribution in [2.45, 2.75) is 0 Å². The Balaban J connectivity index is 2.71. The first kappa shape index (κ1) is 8.62. The van der Waals surface area contributed by atoms with Crippen LogP contribution >= 0.6 is 0 Å². The van der Waals surface area contributed by atoms with E-state index in [2.05, 4.69) is 15.3 Å². The first-order valence-electron chi connectivity index (χ1n) is 4.25. The second kappa shape index (κ2) is 3.41. The van der Waals surface area contributed by atoms with Crippen LogP contribution in [-0.4, -0.2) is 22.9 Å². The van der Waals surface area contributed by atoms with Gasteiger partial charge < -0.3 is 5.32 Å². The highest BCUT2D eigenvalue weighted by atomic mass is 16.1. The number of pyridine rings is 2. The van der Waals surface area contributed by atoms with E-state index >= 15 is 0 Å². The average Bonchev–Trinajstić information content (AvgIpc) is 2.27. The Morgan fingerprint density at radius 3 is 2.93 bits per heavy atom. The number of hydrogen-bond acceptors (Lipinski definition) is 3. The van der Waals surface area contributed by atoms with Gasteiger partial charge in [0.1, 0.15) is 5.52 Å². The molecule has 0 fully saturated rings. The van der Waals surface area contributed by atoms with Crippen molar-refractivity contribution < 1.29 is 4.79 Å². The van der Waals surface area contributed by atoms with E-state index < -0.39 is 0 Å². The van der Waals surface area contributed by atoms with Crippen molar-refractivity contribution in [1.29, 1.82) is 0 Å². The molecule has 0 aliphatic rings. The van der Waals surface area contributed by atoms with Crippen LogP contribution in [0.3, 0.4) is 0 Å². The summed E-state index contributed by atoms with van der Waals surface area (Å²) in [5.74, 6) is -0.142. The number of rotatable bonds is 1. The van der Waals surface area contributed by atoms with Gasteiger partial charge in [0.15, 0.2) is 0 Å². The van der Waals surface area contributed by atoms with Crippen molar-refractivity contribution in [3.8, 4) is 0 Å². The van der Waals surface area contributed by atoms with E-state index in [1.165, 1.54) is 0 Å². The molecular formula is C10H9N3O. The maximum atomic E-state index is 11.4. The molecule has 0 saturated heterocycles. The topological polar surface area (TPSA) is 54.9 Å². The van der Waals surface area contributed by atoms with E-state index in [0.29, 0.717) is 11.1 Å². The number of carbonyl (C=O) groups excluding carboxylic acids is 1. The molecule has 0 spiro atoms. The molecule has 2 heterocycles. The van der Waals surface area contributed by atoms with Crippen LogP contribution < -0.4 is 5.32 Å². The first-order chi connectivity index (χ1) is 6.83. The van der Waals surface area contributed by atoms with E-state index in [1.54, 1.807) is 31.6 Å². The molecule has 0 unspecified atom stereocenters. The molecule has 70 valence electrons. The van der Waals surface area contributed by atoms with Gasteiger partial charge in [0.2, 0.25) is 0 Å². The summed E-state index contributed by atoms with van der Waals surface area (Å²) in [7, 11) is 1.59. The van der Waals surface area contributed by atoms with Gasteiger partial charge in [-0.1, -0.05) is 0 Å². The van der Waals surface area contributed by atoms with Gasteiger partial charge in [-0.3, -0.25) is 14.8 Å². The number of hydrogen-bond donors (Lipinski definition) is 1. The molecule has 0 aliphatic carbocycles. The minimum absolute atomic E-state index is 0.142. The molecule has 2 rings (SSSR count). The Hall–Kier alpha value is -1.97. The molecule has 4 nitrogen and oxygen atoms in total. The van der Waals surface area contributed by atoms with Crippen LogP contribution in [0, 0.1) is 0 Å². The van der Waals surface area contributed by atoms with E-state index in [0.717, 1.165) is 5.52 Å². The van der Waals surface area contributed by atoms with E-state index in [9.17, 15) is 4.79 Å². The molecule has 2 aromatic rings. The van der Waals surface area contributed by atoms with Gasteiger partial charge in [-0.15, -0.1) is 0 Å². The van der Waals surface area contributed by atoms with Gasteiger partial charge >= 0.3 is 0 Å². The molecule has 0 bridgehead atoms. The van der Waals surface area contributed by atoms with Crippen LogP contribution in [0.5, 0.6) is 0 Å². The predicted octanol–water partition coefficient (Wildman–Crippen LogP) is 0.989. The summed E-state index contributed by atoms with van der Waals surface area (Å²) in [4.78, 5) is 19.7. The molecule has 0 radical (unpaired) electrons. The lowest BCUT2D eigenvalue weighted by atomic mass is 10.2. The maximum absolute atomic E-state index is 11.4. The molecule has 14 heavy (non-hydrogen) atoms. The van der Waals surface area contributed by atoms with Crippen LogP contribution in [0.4, 0.5) is 0 Å². The first-order valence-corrected chi connectivity index (χ1v) is 4.25. The largest absolute Gasteiger partial charge is 0.355 e. The zero-order valence-corrected chi connectivity index (χ0v) is 7.69. The standard InChI is InChI=1S/C10H9N3O/c1-11-10(14)7-4-6-12-8-3-2-5-13-9(7)8/h2-6H,1H3,(H,11,14). The van der Waals surface area contributed by atoms with Crippen molar-refractivity contribution in [3.63, 3.8) is 0 Å². The van der Waals surface area contributed by atoms with Gasteiger partial charge in [0.05, 0.1) is 11.1 Å². The van der Waals surface area contributed by atoms with Gasteiger partial charge in [-0.05, 0) is 18.2 Å². The quantitative estimate of drug-likeness (QED) is 0.724. The highest BCUT2D eigenvalue weighted by molar-refractivity contribution is 6.04. The van der Waals surface area contributed by atoms with Crippen molar-refractivity contribution in [2.75, 3.05) is 7.05 Å².